The summed E-state index contributed by atoms with van der Waals surface area (Å²) in [4.78, 5) is 2.28. The van der Waals surface area contributed by atoms with Crippen LogP contribution in [0.4, 0.5) is 11.4 Å². The van der Waals surface area contributed by atoms with Gasteiger partial charge in [-0.3, -0.25) is 0 Å². The number of benzene rings is 2. The SMILES string of the molecule is CCc1ccc(CNc2ccc(N3CCOCC3)c(Cl)c2)cc1. The van der Waals surface area contributed by atoms with E-state index in [4.69, 9.17) is 16.3 Å². The molecule has 0 saturated carbocycles. The maximum Gasteiger partial charge on any atom is 0.0660 e. The van der Waals surface area contributed by atoms with Crippen LogP contribution in [0, 0.1) is 0 Å². The molecular weight excluding hydrogens is 308 g/mol. The Balaban J connectivity index is 1.62. The van der Waals surface area contributed by atoms with Crippen LogP contribution < -0.4 is 10.2 Å². The zero-order valence-electron chi connectivity index (χ0n) is 13.5. The molecule has 0 aromatic heterocycles. The van der Waals surface area contributed by atoms with E-state index >= 15 is 0 Å². The molecule has 3 rings (SSSR count). The minimum absolute atomic E-state index is 0.768. The Bertz CT molecular complexity index is 636. The molecule has 0 unspecified atom stereocenters. The molecule has 122 valence electrons. The van der Waals surface area contributed by atoms with Gasteiger partial charge in [0.25, 0.3) is 0 Å². The highest BCUT2D eigenvalue weighted by Gasteiger charge is 2.14. The monoisotopic (exact) mass is 330 g/mol. The first-order chi connectivity index (χ1) is 11.3. The Morgan fingerprint density at radius 3 is 2.39 bits per heavy atom. The number of nitrogens with zero attached hydrogens (tertiary/aromatic N) is 1. The largest absolute Gasteiger partial charge is 0.381 e. The molecule has 1 aliphatic heterocycles. The molecule has 0 spiro atoms. The minimum atomic E-state index is 0.768. The average molecular weight is 331 g/mol. The van der Waals surface area contributed by atoms with E-state index in [0.29, 0.717) is 0 Å². The van der Waals surface area contributed by atoms with Gasteiger partial charge in [-0.25, -0.2) is 0 Å². The van der Waals surface area contributed by atoms with Crippen molar-refractivity contribution in [2.24, 2.45) is 0 Å². The fraction of sp³-hybridized carbons (Fsp3) is 0.368. The van der Waals surface area contributed by atoms with Crippen LogP contribution in [-0.2, 0) is 17.7 Å². The number of ether oxygens (including phenoxy) is 1. The lowest BCUT2D eigenvalue weighted by molar-refractivity contribution is 0.122. The van der Waals surface area contributed by atoms with Crippen LogP contribution in [0.25, 0.3) is 0 Å². The van der Waals surface area contributed by atoms with Crippen LogP contribution >= 0.6 is 11.6 Å². The number of morpholine rings is 1. The summed E-state index contributed by atoms with van der Waals surface area (Å²) in [5.41, 5.74) is 4.78. The second-order valence-electron chi connectivity index (χ2n) is 5.79. The number of anilines is 2. The summed E-state index contributed by atoms with van der Waals surface area (Å²) in [6, 6.07) is 14.9. The van der Waals surface area contributed by atoms with E-state index in [-0.39, 0.29) is 0 Å². The molecule has 0 aliphatic carbocycles. The molecule has 4 heteroatoms. The molecule has 0 radical (unpaired) electrons. The number of halogens is 1. The highest BCUT2D eigenvalue weighted by molar-refractivity contribution is 6.33. The highest BCUT2D eigenvalue weighted by Crippen LogP contribution is 2.29. The smallest absolute Gasteiger partial charge is 0.0660 e. The summed E-state index contributed by atoms with van der Waals surface area (Å²) < 4.78 is 5.39. The average Bonchev–Trinajstić information content (AvgIpc) is 2.61. The lowest BCUT2D eigenvalue weighted by Crippen LogP contribution is -2.36. The fourth-order valence-corrected chi connectivity index (χ4v) is 3.07. The molecule has 1 fully saturated rings. The van der Waals surface area contributed by atoms with E-state index in [9.17, 15) is 0 Å². The number of nitrogens with one attached hydrogen (secondary N) is 1. The van der Waals surface area contributed by atoms with Gasteiger partial charge >= 0.3 is 0 Å². The molecule has 1 N–H and O–H groups in total. The van der Waals surface area contributed by atoms with Gasteiger partial charge in [0.1, 0.15) is 0 Å². The molecule has 1 aliphatic rings. The van der Waals surface area contributed by atoms with Crippen LogP contribution in [0.2, 0.25) is 5.02 Å². The first-order valence-electron chi connectivity index (χ1n) is 8.20. The number of aryl methyl sites for hydroxylation is 1. The van der Waals surface area contributed by atoms with Crippen molar-refractivity contribution >= 4 is 23.0 Å². The summed E-state index contributed by atoms with van der Waals surface area (Å²) in [5.74, 6) is 0. The summed E-state index contributed by atoms with van der Waals surface area (Å²) in [7, 11) is 0. The Labute approximate surface area is 143 Å². The lowest BCUT2D eigenvalue weighted by atomic mass is 10.1. The van der Waals surface area contributed by atoms with Crippen molar-refractivity contribution in [2.45, 2.75) is 19.9 Å². The van der Waals surface area contributed by atoms with Gasteiger partial charge in [-0.15, -0.1) is 0 Å². The topological polar surface area (TPSA) is 24.5 Å². The van der Waals surface area contributed by atoms with Gasteiger partial charge in [-0.05, 0) is 35.7 Å². The van der Waals surface area contributed by atoms with Crippen molar-refractivity contribution in [3.8, 4) is 0 Å². The standard InChI is InChI=1S/C19H23ClN2O/c1-2-15-3-5-16(6-4-15)14-21-17-7-8-19(18(20)13-17)22-9-11-23-12-10-22/h3-8,13,21H,2,9-12,14H2,1H3. The van der Waals surface area contributed by atoms with Crippen molar-refractivity contribution in [2.75, 3.05) is 36.5 Å². The van der Waals surface area contributed by atoms with E-state index in [1.165, 1.54) is 11.1 Å². The third-order valence-electron chi connectivity index (χ3n) is 4.23. The van der Waals surface area contributed by atoms with Gasteiger partial charge < -0.3 is 15.0 Å². The zero-order valence-corrected chi connectivity index (χ0v) is 14.3. The third-order valence-corrected chi connectivity index (χ3v) is 4.53. The van der Waals surface area contributed by atoms with Gasteiger partial charge in [0.2, 0.25) is 0 Å². The number of hydrogen-bond donors (Lipinski definition) is 1. The van der Waals surface area contributed by atoms with Gasteiger partial charge in [0.05, 0.1) is 23.9 Å². The maximum atomic E-state index is 6.46. The molecular formula is C19H23ClN2O. The Morgan fingerprint density at radius 1 is 1.04 bits per heavy atom. The van der Waals surface area contributed by atoms with E-state index < -0.39 is 0 Å². The maximum absolute atomic E-state index is 6.46. The van der Waals surface area contributed by atoms with Crippen LogP contribution in [-0.4, -0.2) is 26.3 Å². The van der Waals surface area contributed by atoms with Crippen LogP contribution in [0.1, 0.15) is 18.1 Å². The summed E-state index contributed by atoms with van der Waals surface area (Å²) >= 11 is 6.46. The van der Waals surface area contributed by atoms with E-state index in [1.807, 2.05) is 6.07 Å². The van der Waals surface area contributed by atoms with Gasteiger partial charge in [0.15, 0.2) is 0 Å². The fourth-order valence-electron chi connectivity index (χ4n) is 2.77. The lowest BCUT2D eigenvalue weighted by Gasteiger charge is -2.29. The van der Waals surface area contributed by atoms with Crippen molar-refractivity contribution in [1.29, 1.82) is 0 Å². The predicted octanol–water partition coefficient (Wildman–Crippen LogP) is 4.35. The summed E-state index contributed by atoms with van der Waals surface area (Å²) in [5, 5.41) is 4.23. The van der Waals surface area contributed by atoms with Gasteiger partial charge in [-0.1, -0.05) is 42.8 Å². The first-order valence-corrected chi connectivity index (χ1v) is 8.58. The second-order valence-corrected chi connectivity index (χ2v) is 6.20. The quantitative estimate of drug-likeness (QED) is 0.882. The molecule has 1 heterocycles. The third kappa shape index (κ3) is 4.18. The van der Waals surface area contributed by atoms with Crippen molar-refractivity contribution < 1.29 is 4.74 Å². The van der Waals surface area contributed by atoms with Crippen molar-refractivity contribution in [1.82, 2.24) is 0 Å². The van der Waals surface area contributed by atoms with E-state index in [0.717, 1.165) is 55.7 Å². The number of hydrogen-bond acceptors (Lipinski definition) is 3. The molecule has 0 bridgehead atoms. The highest BCUT2D eigenvalue weighted by atomic mass is 35.5. The zero-order chi connectivity index (χ0) is 16.1. The van der Waals surface area contributed by atoms with Crippen molar-refractivity contribution in [3.63, 3.8) is 0 Å². The van der Waals surface area contributed by atoms with Gasteiger partial charge in [0, 0.05) is 25.3 Å². The van der Waals surface area contributed by atoms with Crippen LogP contribution in [0.5, 0.6) is 0 Å². The van der Waals surface area contributed by atoms with Crippen LogP contribution in [0.3, 0.4) is 0 Å². The van der Waals surface area contributed by atoms with Gasteiger partial charge in [-0.2, -0.15) is 0 Å². The summed E-state index contributed by atoms with van der Waals surface area (Å²) in [6.07, 6.45) is 1.08. The molecule has 2 aromatic carbocycles. The molecule has 0 amide bonds. The number of rotatable bonds is 5. The minimum Gasteiger partial charge on any atom is -0.381 e. The Morgan fingerprint density at radius 2 is 1.74 bits per heavy atom. The second kappa shape index (κ2) is 7.71. The molecule has 2 aromatic rings. The van der Waals surface area contributed by atoms with Crippen molar-refractivity contribution in [3.05, 3.63) is 58.6 Å². The Kier molecular flexibility index (Phi) is 5.42. The molecule has 0 atom stereocenters. The van der Waals surface area contributed by atoms with Crippen LogP contribution in [0.15, 0.2) is 42.5 Å². The molecule has 3 nitrogen and oxygen atoms in total. The van der Waals surface area contributed by atoms with E-state index in [1.54, 1.807) is 0 Å². The first kappa shape index (κ1) is 16.2. The Hall–Kier alpha value is -1.71. The predicted molar refractivity (Wildman–Crippen MR) is 97.6 cm³/mol. The summed E-state index contributed by atoms with van der Waals surface area (Å²) in [6.45, 7) is 6.31. The normalized spacial score (nSPS) is 14.8. The molecule has 23 heavy (non-hydrogen) atoms. The molecule has 1 saturated heterocycles. The van der Waals surface area contributed by atoms with E-state index in [2.05, 4.69) is 53.5 Å².